The number of thiophene rings is 1. The van der Waals surface area contributed by atoms with Crippen LogP contribution in [0.3, 0.4) is 0 Å². The van der Waals surface area contributed by atoms with E-state index in [1.165, 1.54) is 0 Å². The Bertz CT molecular complexity index is 1640. The largest absolute Gasteiger partial charge is 0.483 e. The molecule has 1 aromatic heterocycles. The number of carbonyl (C=O) groups excluding carboxylic acids is 1. The number of benzene rings is 3. The molecule has 8 nitrogen and oxygen atoms in total. The van der Waals surface area contributed by atoms with Crippen LogP contribution in [0.5, 0.6) is 5.75 Å². The fourth-order valence-electron chi connectivity index (χ4n) is 4.75. The zero-order chi connectivity index (χ0) is 27.6. The smallest absolute Gasteiger partial charge is 0.349 e. The summed E-state index contributed by atoms with van der Waals surface area (Å²) >= 11 is 4.51. The van der Waals surface area contributed by atoms with Crippen LogP contribution in [0.4, 0.5) is 5.69 Å². The van der Waals surface area contributed by atoms with Crippen LogP contribution in [0.15, 0.2) is 76.1 Å². The molecule has 39 heavy (non-hydrogen) atoms. The number of sulfonamides is 1. The van der Waals surface area contributed by atoms with Gasteiger partial charge in [0.15, 0.2) is 16.9 Å². The first kappa shape index (κ1) is 27.3. The number of fused-ring (bicyclic) bond motifs is 1. The third kappa shape index (κ3) is 5.58. The second-order valence-electron chi connectivity index (χ2n) is 9.07. The number of hydrogen-bond donors (Lipinski definition) is 2. The summed E-state index contributed by atoms with van der Waals surface area (Å²) in [6, 6.07) is 20.5. The lowest BCUT2D eigenvalue weighted by atomic mass is 10.1. The van der Waals surface area contributed by atoms with Crippen molar-refractivity contribution in [3.05, 3.63) is 76.1 Å². The summed E-state index contributed by atoms with van der Waals surface area (Å²) in [5, 5.41) is 14.7. The van der Waals surface area contributed by atoms with E-state index in [4.69, 9.17) is 4.74 Å². The maximum absolute atomic E-state index is 13.5. The Labute approximate surface area is 238 Å². The summed E-state index contributed by atoms with van der Waals surface area (Å²) in [7, 11) is -3.63. The molecule has 0 bridgehead atoms. The van der Waals surface area contributed by atoms with E-state index in [0.717, 1.165) is 33.4 Å². The molecule has 0 atom stereocenters. The Morgan fingerprint density at radius 3 is 2.56 bits per heavy atom. The summed E-state index contributed by atoms with van der Waals surface area (Å²) in [4.78, 5) is 23.5. The van der Waals surface area contributed by atoms with Gasteiger partial charge < -0.3 is 15.2 Å². The Morgan fingerprint density at radius 1 is 1.10 bits per heavy atom. The molecule has 4 aromatic rings. The number of ether oxygens (including phenoxy) is 1. The first-order valence-electron chi connectivity index (χ1n) is 12.3. The molecule has 11 heteroatoms. The average molecular weight is 630 g/mol. The number of nitrogens with zero attached hydrogens (tertiary/aromatic N) is 1. The highest BCUT2D eigenvalue weighted by atomic mass is 79.9. The molecule has 1 saturated heterocycles. The van der Waals surface area contributed by atoms with Gasteiger partial charge in [-0.05, 0) is 57.9 Å². The van der Waals surface area contributed by atoms with Gasteiger partial charge in [0, 0.05) is 30.2 Å². The van der Waals surface area contributed by atoms with E-state index >= 15 is 0 Å². The van der Waals surface area contributed by atoms with E-state index in [9.17, 15) is 23.1 Å². The number of carboxylic acid groups (broad SMARTS) is 1. The lowest BCUT2D eigenvalue weighted by Crippen LogP contribution is -2.42. The van der Waals surface area contributed by atoms with Crippen molar-refractivity contribution in [3.63, 3.8) is 0 Å². The zero-order valence-corrected chi connectivity index (χ0v) is 23.9. The molecule has 202 valence electrons. The minimum Gasteiger partial charge on any atom is -0.483 e. The molecular weight excluding hydrogens is 604 g/mol. The van der Waals surface area contributed by atoms with Gasteiger partial charge >= 0.3 is 5.97 Å². The molecule has 1 aliphatic heterocycles. The Kier molecular flexibility index (Phi) is 8.03. The minimum absolute atomic E-state index is 0.0110. The molecule has 5 rings (SSSR count). The lowest BCUT2D eigenvalue weighted by Gasteiger charge is -2.32. The quantitative estimate of drug-likeness (QED) is 0.223. The van der Waals surface area contributed by atoms with Crippen LogP contribution >= 0.6 is 27.3 Å². The second kappa shape index (κ2) is 11.5. The number of carboxylic acids is 1. The molecule has 0 saturated carbocycles. The van der Waals surface area contributed by atoms with Crippen molar-refractivity contribution in [1.82, 2.24) is 4.31 Å². The maximum atomic E-state index is 13.5. The number of halogens is 1. The van der Waals surface area contributed by atoms with Gasteiger partial charge in [-0.2, -0.15) is 4.31 Å². The number of carbonyl (C=O) groups is 2. The average Bonchev–Trinajstić information content (AvgIpc) is 3.28. The molecule has 2 heterocycles. The van der Waals surface area contributed by atoms with E-state index in [0.29, 0.717) is 46.5 Å². The number of aromatic carboxylic acids is 1. The molecular formula is C28H25BrN2O6S2. The Morgan fingerprint density at radius 2 is 1.82 bits per heavy atom. The van der Waals surface area contributed by atoms with Crippen molar-refractivity contribution >= 4 is 66.0 Å². The fourth-order valence-corrected chi connectivity index (χ4v) is 8.33. The first-order chi connectivity index (χ1) is 18.8. The number of aldehydes is 1. The number of rotatable bonds is 9. The first-order valence-corrected chi connectivity index (χ1v) is 15.3. The SMILES string of the molecule is O=CCOc1c(C(=O)O)sc(-c2cccc(NC3CCN(S(=O)(=O)c4cccc5ccccc45)CC3)c2)c1Br. The molecule has 2 N–H and O–H groups in total. The maximum Gasteiger partial charge on any atom is 0.349 e. The van der Waals surface area contributed by atoms with E-state index in [1.807, 2.05) is 54.6 Å². The normalized spacial score (nSPS) is 14.8. The van der Waals surface area contributed by atoms with Crippen LogP contribution in [0.2, 0.25) is 0 Å². The van der Waals surface area contributed by atoms with Crippen molar-refractivity contribution in [2.45, 2.75) is 23.8 Å². The highest BCUT2D eigenvalue weighted by Gasteiger charge is 2.30. The van der Waals surface area contributed by atoms with Gasteiger partial charge in [0.05, 0.1) is 14.2 Å². The van der Waals surface area contributed by atoms with Crippen LogP contribution in [-0.2, 0) is 14.8 Å². The number of hydrogen-bond acceptors (Lipinski definition) is 7. The molecule has 0 spiro atoms. The third-order valence-corrected chi connectivity index (χ3v) is 10.8. The van der Waals surface area contributed by atoms with Crippen LogP contribution in [0.1, 0.15) is 22.5 Å². The highest BCUT2D eigenvalue weighted by molar-refractivity contribution is 9.10. The molecule has 1 aliphatic rings. The van der Waals surface area contributed by atoms with Crippen molar-refractivity contribution in [2.24, 2.45) is 0 Å². The molecule has 3 aromatic carbocycles. The summed E-state index contributed by atoms with van der Waals surface area (Å²) in [6.45, 7) is 0.559. The predicted octanol–water partition coefficient (Wildman–Crippen LogP) is 5.87. The van der Waals surface area contributed by atoms with Crippen molar-refractivity contribution in [3.8, 4) is 16.2 Å². The number of anilines is 1. The molecule has 0 aliphatic carbocycles. The molecule has 1 fully saturated rings. The zero-order valence-electron chi connectivity index (χ0n) is 20.7. The van der Waals surface area contributed by atoms with E-state index in [1.54, 1.807) is 16.4 Å². The summed E-state index contributed by atoms with van der Waals surface area (Å²) in [5.41, 5.74) is 1.63. The van der Waals surface area contributed by atoms with Gasteiger partial charge in [-0.1, -0.05) is 48.5 Å². The summed E-state index contributed by atoms with van der Waals surface area (Å²) < 4.78 is 34.4. The van der Waals surface area contributed by atoms with Crippen molar-refractivity contribution in [1.29, 1.82) is 0 Å². The summed E-state index contributed by atoms with van der Waals surface area (Å²) in [5.74, 6) is -1.000. The van der Waals surface area contributed by atoms with Crippen molar-refractivity contribution < 1.29 is 27.9 Å². The van der Waals surface area contributed by atoms with Crippen LogP contribution < -0.4 is 10.1 Å². The van der Waals surface area contributed by atoms with Gasteiger partial charge in [-0.3, -0.25) is 4.79 Å². The Hall–Kier alpha value is -3.25. The standard InChI is InChI=1S/C28H25BrN2O6S2/c29-24-25(37-16-15-32)27(28(33)34)38-26(24)19-7-3-8-21(17-19)30-20-11-13-31(14-12-20)39(35,36)23-10-4-6-18-5-1-2-9-22(18)23/h1-10,15,17,20,30H,11-14,16H2,(H,33,34). The third-order valence-electron chi connectivity index (χ3n) is 6.62. The van der Waals surface area contributed by atoms with Gasteiger partial charge in [0.25, 0.3) is 0 Å². The second-order valence-corrected chi connectivity index (χ2v) is 12.8. The fraction of sp³-hybridized carbons (Fsp3) is 0.214. The molecule has 0 amide bonds. The van der Waals surface area contributed by atoms with Gasteiger partial charge in [0.1, 0.15) is 6.61 Å². The van der Waals surface area contributed by atoms with E-state index < -0.39 is 16.0 Å². The summed E-state index contributed by atoms with van der Waals surface area (Å²) in [6.07, 6.45) is 1.85. The number of nitrogens with one attached hydrogen (secondary N) is 1. The van der Waals surface area contributed by atoms with E-state index in [2.05, 4.69) is 21.2 Å². The molecule has 0 radical (unpaired) electrons. The molecule has 0 unspecified atom stereocenters. The van der Waals surface area contributed by atoms with Crippen molar-refractivity contribution in [2.75, 3.05) is 25.0 Å². The highest BCUT2D eigenvalue weighted by Crippen LogP contribution is 2.46. The minimum atomic E-state index is -3.63. The van der Waals surface area contributed by atoms with Crippen LogP contribution in [0.25, 0.3) is 21.2 Å². The monoisotopic (exact) mass is 628 g/mol. The van der Waals surface area contributed by atoms with Gasteiger partial charge in [0.2, 0.25) is 10.0 Å². The van der Waals surface area contributed by atoms with E-state index in [-0.39, 0.29) is 23.3 Å². The lowest BCUT2D eigenvalue weighted by molar-refractivity contribution is -0.109. The Balaban J connectivity index is 1.30. The topological polar surface area (TPSA) is 113 Å². The van der Waals surface area contributed by atoms with Gasteiger partial charge in [-0.15, -0.1) is 11.3 Å². The number of piperidine rings is 1. The van der Waals surface area contributed by atoms with Crippen LogP contribution in [0, 0.1) is 0 Å². The predicted molar refractivity (Wildman–Crippen MR) is 155 cm³/mol. The van der Waals surface area contributed by atoms with Crippen LogP contribution in [-0.4, -0.2) is 55.8 Å². The van der Waals surface area contributed by atoms with Gasteiger partial charge in [-0.25, -0.2) is 13.2 Å².